The first-order chi connectivity index (χ1) is 16.1. The van der Waals surface area contributed by atoms with Gasteiger partial charge in [-0.25, -0.2) is 18.0 Å². The van der Waals surface area contributed by atoms with Crippen LogP contribution in [0.2, 0.25) is 0 Å². The second kappa shape index (κ2) is 12.7. The van der Waals surface area contributed by atoms with Gasteiger partial charge in [-0.3, -0.25) is 4.79 Å². The van der Waals surface area contributed by atoms with E-state index in [1.54, 1.807) is 0 Å². The number of rotatable bonds is 10. The van der Waals surface area contributed by atoms with Crippen LogP contribution in [0.1, 0.15) is 56.3 Å². The predicted octanol–water partition coefficient (Wildman–Crippen LogP) is 2.12. The number of carbonyl (C=O) groups is 3. The van der Waals surface area contributed by atoms with Crippen LogP contribution in [0.25, 0.3) is 0 Å². The van der Waals surface area contributed by atoms with E-state index in [0.717, 1.165) is 25.7 Å². The Kier molecular flexibility index (Phi) is 10.3. The predicted molar refractivity (Wildman–Crippen MR) is 124 cm³/mol. The summed E-state index contributed by atoms with van der Waals surface area (Å²) in [6.07, 6.45) is 3.82. The molecule has 1 aliphatic rings. The van der Waals surface area contributed by atoms with Crippen molar-refractivity contribution in [1.82, 2.24) is 9.62 Å². The van der Waals surface area contributed by atoms with E-state index in [1.165, 1.54) is 36.7 Å². The van der Waals surface area contributed by atoms with Crippen molar-refractivity contribution in [2.45, 2.75) is 56.9 Å². The molecule has 10 nitrogen and oxygen atoms in total. The second-order valence-corrected chi connectivity index (χ2v) is 10.4. The van der Waals surface area contributed by atoms with Crippen molar-refractivity contribution in [2.24, 2.45) is 5.92 Å². The summed E-state index contributed by atoms with van der Waals surface area (Å²) in [5, 5.41) is 2.50. The Morgan fingerprint density at radius 1 is 1.06 bits per heavy atom. The third kappa shape index (κ3) is 7.42. The molecule has 0 radical (unpaired) electrons. The van der Waals surface area contributed by atoms with Crippen molar-refractivity contribution in [2.75, 3.05) is 33.9 Å². The molecular formula is C23H34N2O8S. The van der Waals surface area contributed by atoms with Gasteiger partial charge in [0.2, 0.25) is 10.0 Å². The number of nitrogens with one attached hydrogen (secondary N) is 1. The third-order valence-corrected chi connectivity index (χ3v) is 7.36. The maximum absolute atomic E-state index is 13.2. The molecule has 0 spiro atoms. The zero-order valence-corrected chi connectivity index (χ0v) is 21.0. The van der Waals surface area contributed by atoms with Gasteiger partial charge >= 0.3 is 11.9 Å². The monoisotopic (exact) mass is 498 g/mol. The number of hydrogen-bond donors (Lipinski definition) is 1. The van der Waals surface area contributed by atoms with E-state index in [9.17, 15) is 22.8 Å². The van der Waals surface area contributed by atoms with Crippen molar-refractivity contribution >= 4 is 27.9 Å². The van der Waals surface area contributed by atoms with Gasteiger partial charge in [0.15, 0.2) is 6.61 Å². The quantitative estimate of drug-likeness (QED) is 0.486. The minimum atomic E-state index is -3.89. The van der Waals surface area contributed by atoms with Gasteiger partial charge in [0.1, 0.15) is 16.7 Å². The number of nitrogens with zero attached hydrogens (tertiary/aromatic N) is 1. The summed E-state index contributed by atoms with van der Waals surface area (Å²) < 4.78 is 42.9. The smallest absolute Gasteiger partial charge is 0.338 e. The Bertz CT molecular complexity index is 969. The Hall–Kier alpha value is -2.66. The number of ether oxygens (including phenoxy) is 3. The summed E-state index contributed by atoms with van der Waals surface area (Å²) in [4.78, 5) is 36.6. The van der Waals surface area contributed by atoms with Gasteiger partial charge < -0.3 is 19.5 Å². The average molecular weight is 499 g/mol. The van der Waals surface area contributed by atoms with E-state index in [4.69, 9.17) is 14.2 Å². The highest BCUT2D eigenvalue weighted by molar-refractivity contribution is 7.89. The van der Waals surface area contributed by atoms with Gasteiger partial charge in [0.25, 0.3) is 5.91 Å². The van der Waals surface area contributed by atoms with Gasteiger partial charge in [-0.2, -0.15) is 4.31 Å². The molecule has 1 aromatic carbocycles. The maximum Gasteiger partial charge on any atom is 0.338 e. The van der Waals surface area contributed by atoms with Crippen LogP contribution in [0.3, 0.4) is 0 Å². The molecule has 0 aliphatic carbocycles. The summed E-state index contributed by atoms with van der Waals surface area (Å²) in [6.45, 7) is 3.95. The third-order valence-electron chi connectivity index (χ3n) is 5.44. The number of amides is 1. The van der Waals surface area contributed by atoms with Crippen LogP contribution in [-0.2, 0) is 29.1 Å². The first-order valence-electron chi connectivity index (χ1n) is 11.3. The molecule has 34 heavy (non-hydrogen) atoms. The Morgan fingerprint density at radius 2 is 1.71 bits per heavy atom. The van der Waals surface area contributed by atoms with Gasteiger partial charge in [-0.15, -0.1) is 0 Å². The molecular weight excluding hydrogens is 464 g/mol. The standard InChI is InChI=1S/C23H34N2O8S/c1-16(2)13-18(23(28)32-4)24-21(26)15-33-22(27)17-9-10-19(31-3)20(14-17)34(29,30)25-11-7-5-6-8-12-25/h9-10,14,16,18H,5-8,11-13,15H2,1-4H3,(H,24,26)/t18-/m1/s1. The van der Waals surface area contributed by atoms with E-state index >= 15 is 0 Å². The summed E-state index contributed by atoms with van der Waals surface area (Å²) >= 11 is 0. The number of carbonyl (C=O) groups excluding carboxylic acids is 3. The lowest BCUT2D eigenvalue weighted by atomic mass is 10.0. The van der Waals surface area contributed by atoms with Gasteiger partial charge in [-0.05, 0) is 43.4 Å². The van der Waals surface area contributed by atoms with Crippen LogP contribution in [-0.4, -0.2) is 70.5 Å². The van der Waals surface area contributed by atoms with Gasteiger partial charge in [0, 0.05) is 13.1 Å². The molecule has 1 atom stereocenters. The van der Waals surface area contributed by atoms with E-state index < -0.39 is 40.5 Å². The summed E-state index contributed by atoms with van der Waals surface area (Å²) in [7, 11) is -1.31. The van der Waals surface area contributed by atoms with Crippen LogP contribution in [0.4, 0.5) is 0 Å². The fraction of sp³-hybridized carbons (Fsp3) is 0.609. The number of methoxy groups -OCH3 is 2. The lowest BCUT2D eigenvalue weighted by Crippen LogP contribution is -2.44. The molecule has 11 heteroatoms. The molecule has 0 aromatic heterocycles. The van der Waals surface area contributed by atoms with Crippen LogP contribution in [0.5, 0.6) is 5.75 Å². The van der Waals surface area contributed by atoms with Crippen LogP contribution >= 0.6 is 0 Å². The van der Waals surface area contributed by atoms with E-state index in [-0.39, 0.29) is 22.1 Å². The summed E-state index contributed by atoms with van der Waals surface area (Å²) in [5.41, 5.74) is -0.0336. The Balaban J connectivity index is 2.13. The number of sulfonamides is 1. The molecule has 1 fully saturated rings. The van der Waals surface area contributed by atoms with Gasteiger partial charge in [-0.1, -0.05) is 26.7 Å². The van der Waals surface area contributed by atoms with E-state index in [0.29, 0.717) is 19.5 Å². The largest absolute Gasteiger partial charge is 0.495 e. The minimum absolute atomic E-state index is 0.0336. The highest BCUT2D eigenvalue weighted by atomic mass is 32.2. The molecule has 0 unspecified atom stereocenters. The zero-order chi connectivity index (χ0) is 25.3. The van der Waals surface area contributed by atoms with Crippen molar-refractivity contribution in [3.8, 4) is 5.75 Å². The zero-order valence-electron chi connectivity index (χ0n) is 20.2. The SMILES string of the molecule is COC(=O)[C@@H](CC(C)C)NC(=O)COC(=O)c1ccc(OC)c(S(=O)(=O)N2CCCCCC2)c1. The summed E-state index contributed by atoms with van der Waals surface area (Å²) in [6, 6.07) is 3.10. The molecule has 1 N–H and O–H groups in total. The molecule has 1 aromatic rings. The van der Waals surface area contributed by atoms with Crippen molar-refractivity contribution in [1.29, 1.82) is 0 Å². The molecule has 1 aliphatic heterocycles. The topological polar surface area (TPSA) is 128 Å². The van der Waals surface area contributed by atoms with Crippen molar-refractivity contribution in [3.63, 3.8) is 0 Å². The molecule has 1 amide bonds. The fourth-order valence-corrected chi connectivity index (χ4v) is 5.40. The first kappa shape index (κ1) is 27.6. The average Bonchev–Trinajstić information content (AvgIpc) is 3.11. The van der Waals surface area contributed by atoms with E-state index in [1.807, 2.05) is 13.8 Å². The van der Waals surface area contributed by atoms with Crippen molar-refractivity contribution < 1.29 is 37.0 Å². The molecule has 0 saturated carbocycles. The number of hydrogen-bond acceptors (Lipinski definition) is 8. The van der Waals surface area contributed by atoms with Crippen LogP contribution in [0.15, 0.2) is 23.1 Å². The lowest BCUT2D eigenvalue weighted by molar-refractivity contribution is -0.145. The van der Waals surface area contributed by atoms with E-state index in [2.05, 4.69) is 5.32 Å². The number of benzene rings is 1. The highest BCUT2D eigenvalue weighted by Gasteiger charge is 2.30. The molecule has 190 valence electrons. The minimum Gasteiger partial charge on any atom is -0.495 e. The Labute approximate surface area is 201 Å². The summed E-state index contributed by atoms with van der Waals surface area (Å²) in [5.74, 6) is -1.89. The lowest BCUT2D eigenvalue weighted by Gasteiger charge is -2.21. The normalized spacial score (nSPS) is 15.8. The first-order valence-corrected chi connectivity index (χ1v) is 12.8. The Morgan fingerprint density at radius 3 is 2.26 bits per heavy atom. The molecule has 1 heterocycles. The second-order valence-electron chi connectivity index (χ2n) is 8.53. The highest BCUT2D eigenvalue weighted by Crippen LogP contribution is 2.29. The van der Waals surface area contributed by atoms with Gasteiger partial charge in [0.05, 0.1) is 19.8 Å². The molecule has 0 bridgehead atoms. The maximum atomic E-state index is 13.2. The van der Waals surface area contributed by atoms with Crippen molar-refractivity contribution in [3.05, 3.63) is 23.8 Å². The fourth-order valence-electron chi connectivity index (χ4n) is 3.70. The molecule has 1 saturated heterocycles. The number of esters is 2. The van der Waals surface area contributed by atoms with Crippen LogP contribution in [0, 0.1) is 5.92 Å². The van der Waals surface area contributed by atoms with Crippen LogP contribution < -0.4 is 10.1 Å². The molecule has 2 rings (SSSR count).